The summed E-state index contributed by atoms with van der Waals surface area (Å²) in [6.45, 7) is 0. The summed E-state index contributed by atoms with van der Waals surface area (Å²) in [7, 11) is 3.44. The molecular formula is C20H18O3. The van der Waals surface area contributed by atoms with Gasteiger partial charge in [0.15, 0.2) is 0 Å². The maximum Gasteiger partial charge on any atom is 0.125 e. The highest BCUT2D eigenvalue weighted by Crippen LogP contribution is 2.68. The number of ether oxygens (including phenoxy) is 3. The Morgan fingerprint density at radius 2 is 1.48 bits per heavy atom. The molecule has 1 saturated heterocycles. The quantitative estimate of drug-likeness (QED) is 0.852. The fourth-order valence-electron chi connectivity index (χ4n) is 4.45. The van der Waals surface area contributed by atoms with E-state index in [1.54, 1.807) is 14.2 Å². The number of hydrogen-bond acceptors (Lipinski definition) is 3. The van der Waals surface area contributed by atoms with Gasteiger partial charge >= 0.3 is 0 Å². The molecule has 0 saturated carbocycles. The molecule has 0 radical (unpaired) electrons. The van der Waals surface area contributed by atoms with Gasteiger partial charge in [0.05, 0.1) is 26.4 Å². The van der Waals surface area contributed by atoms with Gasteiger partial charge in [0.25, 0.3) is 0 Å². The Labute approximate surface area is 135 Å². The lowest BCUT2D eigenvalue weighted by atomic mass is 9.63. The molecule has 0 N–H and O–H groups in total. The number of fused-ring (bicyclic) bond motifs is 8. The normalized spacial score (nSPS) is 29.4. The minimum absolute atomic E-state index is 0.0743. The van der Waals surface area contributed by atoms with E-state index in [0.717, 1.165) is 11.5 Å². The second-order valence-corrected chi connectivity index (χ2v) is 6.37. The number of rotatable bonds is 3. The van der Waals surface area contributed by atoms with Gasteiger partial charge < -0.3 is 14.2 Å². The van der Waals surface area contributed by atoms with E-state index >= 15 is 0 Å². The van der Waals surface area contributed by atoms with E-state index in [0.29, 0.717) is 11.8 Å². The lowest BCUT2D eigenvalue weighted by Gasteiger charge is -2.38. The smallest absolute Gasteiger partial charge is 0.125 e. The van der Waals surface area contributed by atoms with E-state index in [9.17, 15) is 0 Å². The van der Waals surface area contributed by atoms with E-state index in [1.807, 2.05) is 12.1 Å². The second-order valence-electron chi connectivity index (χ2n) is 6.37. The van der Waals surface area contributed by atoms with E-state index in [2.05, 4.69) is 36.4 Å². The number of benzene rings is 2. The van der Waals surface area contributed by atoms with Crippen LogP contribution in [0.4, 0.5) is 0 Å². The zero-order valence-corrected chi connectivity index (χ0v) is 13.2. The van der Waals surface area contributed by atoms with Crippen LogP contribution in [0.5, 0.6) is 11.5 Å². The van der Waals surface area contributed by atoms with Crippen molar-refractivity contribution < 1.29 is 14.2 Å². The maximum absolute atomic E-state index is 6.35. The highest BCUT2D eigenvalue weighted by atomic mass is 16.5. The SMILES string of the molecule is COc1ccc(OC)c2c1[C@H]1O[C@@H]2[C@@H]2C(c3ccccc3)=C[C@@H]21. The molecule has 3 aliphatic rings. The van der Waals surface area contributed by atoms with Gasteiger partial charge in [0.2, 0.25) is 0 Å². The van der Waals surface area contributed by atoms with E-state index in [4.69, 9.17) is 14.2 Å². The molecule has 3 heteroatoms. The molecule has 4 atom stereocenters. The van der Waals surface area contributed by atoms with Crippen molar-refractivity contribution in [3.05, 3.63) is 65.2 Å². The molecule has 2 aliphatic heterocycles. The van der Waals surface area contributed by atoms with Crippen LogP contribution < -0.4 is 9.47 Å². The second kappa shape index (κ2) is 4.62. The Balaban J connectivity index is 1.62. The van der Waals surface area contributed by atoms with Gasteiger partial charge in [-0.3, -0.25) is 0 Å². The monoisotopic (exact) mass is 306 g/mol. The summed E-state index contributed by atoms with van der Waals surface area (Å²) in [4.78, 5) is 0. The Morgan fingerprint density at radius 3 is 2.13 bits per heavy atom. The molecule has 2 heterocycles. The first-order valence-electron chi connectivity index (χ1n) is 8.01. The van der Waals surface area contributed by atoms with Gasteiger partial charge in [-0.05, 0) is 23.3 Å². The van der Waals surface area contributed by atoms with Crippen LogP contribution in [0.25, 0.3) is 5.57 Å². The van der Waals surface area contributed by atoms with Gasteiger partial charge in [-0.1, -0.05) is 36.4 Å². The lowest BCUT2D eigenvalue weighted by Crippen LogP contribution is -2.29. The van der Waals surface area contributed by atoms with E-state index < -0.39 is 0 Å². The summed E-state index contributed by atoms with van der Waals surface area (Å²) < 4.78 is 17.5. The standard InChI is InChI=1S/C20H18O3/c1-21-14-8-9-15(22-2)18-17(14)19-13-10-12(16(13)20(18)23-19)11-6-4-3-5-7-11/h3-10,13,16,19-20H,1-2H3/t13-,16+,19-,20+/m0/s1. The molecule has 2 aromatic rings. The summed E-state index contributed by atoms with van der Waals surface area (Å²) >= 11 is 0. The molecule has 3 nitrogen and oxygen atoms in total. The van der Waals surface area contributed by atoms with Crippen molar-refractivity contribution in [3.63, 3.8) is 0 Å². The molecule has 2 aromatic carbocycles. The Bertz CT molecular complexity index is 809. The molecule has 0 amide bonds. The van der Waals surface area contributed by atoms with Gasteiger partial charge in [-0.15, -0.1) is 0 Å². The van der Waals surface area contributed by atoms with Crippen LogP contribution in [-0.2, 0) is 4.74 Å². The van der Waals surface area contributed by atoms with Crippen LogP contribution in [0.15, 0.2) is 48.5 Å². The van der Waals surface area contributed by atoms with Gasteiger partial charge in [-0.2, -0.15) is 0 Å². The van der Waals surface area contributed by atoms with Gasteiger partial charge in [-0.25, -0.2) is 0 Å². The molecule has 116 valence electrons. The lowest BCUT2D eigenvalue weighted by molar-refractivity contribution is 0.0611. The van der Waals surface area contributed by atoms with Crippen molar-refractivity contribution >= 4 is 5.57 Å². The van der Waals surface area contributed by atoms with Crippen molar-refractivity contribution in [1.82, 2.24) is 0 Å². The van der Waals surface area contributed by atoms with Crippen molar-refractivity contribution in [1.29, 1.82) is 0 Å². The average molecular weight is 306 g/mol. The molecule has 1 aliphatic carbocycles. The van der Waals surface area contributed by atoms with Crippen molar-refractivity contribution in [2.45, 2.75) is 12.2 Å². The fraction of sp³-hybridized carbons (Fsp3) is 0.300. The van der Waals surface area contributed by atoms with Crippen LogP contribution in [0.2, 0.25) is 0 Å². The summed E-state index contributed by atoms with van der Waals surface area (Å²) in [5, 5.41) is 0. The predicted molar refractivity (Wildman–Crippen MR) is 87.5 cm³/mol. The largest absolute Gasteiger partial charge is 0.496 e. The fourth-order valence-corrected chi connectivity index (χ4v) is 4.45. The first-order valence-corrected chi connectivity index (χ1v) is 8.01. The zero-order chi connectivity index (χ0) is 15.6. The van der Waals surface area contributed by atoms with Crippen LogP contribution in [-0.4, -0.2) is 14.2 Å². The minimum atomic E-state index is 0.0743. The third-order valence-corrected chi connectivity index (χ3v) is 5.44. The number of hydrogen-bond donors (Lipinski definition) is 0. The Kier molecular flexibility index (Phi) is 2.65. The first kappa shape index (κ1) is 13.2. The molecule has 1 fully saturated rings. The summed E-state index contributed by atoms with van der Waals surface area (Å²) in [5.41, 5.74) is 5.06. The average Bonchev–Trinajstić information content (AvgIpc) is 3.07. The van der Waals surface area contributed by atoms with E-state index in [1.165, 1.54) is 22.3 Å². The third-order valence-electron chi connectivity index (χ3n) is 5.44. The Morgan fingerprint density at radius 1 is 0.826 bits per heavy atom. The summed E-state index contributed by atoms with van der Waals surface area (Å²) in [5.74, 6) is 2.69. The van der Waals surface area contributed by atoms with Gasteiger partial charge in [0.1, 0.15) is 11.5 Å². The van der Waals surface area contributed by atoms with Crippen molar-refractivity contribution in [3.8, 4) is 11.5 Å². The molecular weight excluding hydrogens is 288 g/mol. The van der Waals surface area contributed by atoms with E-state index in [-0.39, 0.29) is 12.2 Å². The molecule has 2 bridgehead atoms. The van der Waals surface area contributed by atoms with Crippen LogP contribution in [0.1, 0.15) is 28.9 Å². The van der Waals surface area contributed by atoms with Crippen LogP contribution >= 0.6 is 0 Å². The third kappa shape index (κ3) is 1.58. The molecule has 0 unspecified atom stereocenters. The highest BCUT2D eigenvalue weighted by Gasteiger charge is 2.59. The molecule has 0 spiro atoms. The number of methoxy groups -OCH3 is 2. The summed E-state index contributed by atoms with van der Waals surface area (Å²) in [6, 6.07) is 14.6. The molecule has 5 rings (SSSR count). The van der Waals surface area contributed by atoms with Gasteiger partial charge in [0, 0.05) is 23.0 Å². The maximum atomic E-state index is 6.35. The van der Waals surface area contributed by atoms with Crippen molar-refractivity contribution in [2.24, 2.45) is 11.8 Å². The molecule has 23 heavy (non-hydrogen) atoms. The van der Waals surface area contributed by atoms with Crippen LogP contribution in [0.3, 0.4) is 0 Å². The topological polar surface area (TPSA) is 27.7 Å². The summed E-state index contributed by atoms with van der Waals surface area (Å²) in [6.07, 6.45) is 2.54. The van der Waals surface area contributed by atoms with Crippen LogP contribution in [0, 0.1) is 11.8 Å². The first-order chi connectivity index (χ1) is 11.3. The molecule has 0 aromatic heterocycles. The van der Waals surface area contributed by atoms with Crippen molar-refractivity contribution in [2.75, 3.05) is 14.2 Å². The minimum Gasteiger partial charge on any atom is -0.496 e. The zero-order valence-electron chi connectivity index (χ0n) is 13.2. The Hall–Kier alpha value is -2.26. The highest BCUT2D eigenvalue weighted by molar-refractivity contribution is 5.77. The predicted octanol–water partition coefficient (Wildman–Crippen LogP) is 4.16.